The number of thioether (sulfide) groups is 1. The molecular formula is C12H16N2O3S. The molecule has 0 aromatic carbocycles. The molecule has 18 heavy (non-hydrogen) atoms. The summed E-state index contributed by atoms with van der Waals surface area (Å²) < 4.78 is 0. The van der Waals surface area contributed by atoms with Crippen LogP contribution in [-0.4, -0.2) is 33.3 Å². The smallest absolute Gasteiger partial charge is 0.335 e. The summed E-state index contributed by atoms with van der Waals surface area (Å²) in [6.45, 7) is 5.70. The first kappa shape index (κ1) is 14.5. The van der Waals surface area contributed by atoms with Gasteiger partial charge in [0.25, 0.3) is 0 Å². The largest absolute Gasteiger partial charge is 0.478 e. The zero-order chi connectivity index (χ0) is 13.8. The molecule has 1 heterocycles. The molecule has 6 heteroatoms. The number of hydrogen-bond acceptors (Lipinski definition) is 4. The van der Waals surface area contributed by atoms with Crippen molar-refractivity contribution >= 4 is 23.6 Å². The number of rotatable bonds is 4. The van der Waals surface area contributed by atoms with Crippen LogP contribution in [0.3, 0.4) is 0 Å². The average Bonchev–Trinajstić information content (AvgIpc) is 2.24. The van der Waals surface area contributed by atoms with Crippen molar-refractivity contribution in [3.8, 4) is 0 Å². The van der Waals surface area contributed by atoms with Gasteiger partial charge in [0.15, 0.2) is 0 Å². The second kappa shape index (κ2) is 5.86. The van der Waals surface area contributed by atoms with Crippen molar-refractivity contribution in [2.45, 2.75) is 31.3 Å². The summed E-state index contributed by atoms with van der Waals surface area (Å²) in [7, 11) is 0. The Labute approximate surface area is 110 Å². The summed E-state index contributed by atoms with van der Waals surface area (Å²) in [4.78, 5) is 26.3. The third-order valence-corrected chi connectivity index (χ3v) is 2.77. The monoisotopic (exact) mass is 268 g/mol. The number of amides is 1. The molecule has 0 saturated carbocycles. The summed E-state index contributed by atoms with van der Waals surface area (Å²) in [5.41, 5.74) is -0.0997. The third kappa shape index (κ3) is 5.18. The van der Waals surface area contributed by atoms with E-state index in [4.69, 9.17) is 5.11 Å². The molecule has 98 valence electrons. The number of hydrogen-bond donors (Lipinski definition) is 2. The minimum atomic E-state index is -1.00. The predicted molar refractivity (Wildman–Crippen MR) is 69.8 cm³/mol. The van der Waals surface area contributed by atoms with Crippen molar-refractivity contribution in [1.82, 2.24) is 10.3 Å². The van der Waals surface area contributed by atoms with E-state index < -0.39 is 5.97 Å². The van der Waals surface area contributed by atoms with Gasteiger partial charge in [-0.25, -0.2) is 9.78 Å². The van der Waals surface area contributed by atoms with Gasteiger partial charge in [0.1, 0.15) is 0 Å². The molecule has 5 nitrogen and oxygen atoms in total. The minimum Gasteiger partial charge on any atom is -0.478 e. The van der Waals surface area contributed by atoms with Crippen LogP contribution in [0.5, 0.6) is 0 Å². The van der Waals surface area contributed by atoms with E-state index in [1.165, 1.54) is 30.1 Å². The zero-order valence-corrected chi connectivity index (χ0v) is 11.4. The van der Waals surface area contributed by atoms with Crippen LogP contribution in [0.25, 0.3) is 0 Å². The number of nitrogens with one attached hydrogen (secondary N) is 1. The molecule has 1 amide bonds. The number of carboxylic acids is 1. The first-order chi connectivity index (χ1) is 8.28. The third-order valence-electron chi connectivity index (χ3n) is 1.85. The maximum Gasteiger partial charge on any atom is 0.335 e. The zero-order valence-electron chi connectivity index (χ0n) is 10.6. The molecule has 0 atom stereocenters. The van der Waals surface area contributed by atoms with Crippen molar-refractivity contribution in [1.29, 1.82) is 0 Å². The van der Waals surface area contributed by atoms with Gasteiger partial charge < -0.3 is 10.4 Å². The normalized spacial score (nSPS) is 11.1. The van der Waals surface area contributed by atoms with Crippen LogP contribution < -0.4 is 5.32 Å². The number of aromatic nitrogens is 1. The van der Waals surface area contributed by atoms with E-state index in [1.54, 1.807) is 0 Å². The Morgan fingerprint density at radius 1 is 1.44 bits per heavy atom. The molecule has 0 spiro atoms. The highest BCUT2D eigenvalue weighted by atomic mass is 32.2. The highest BCUT2D eigenvalue weighted by Crippen LogP contribution is 2.16. The predicted octanol–water partition coefficient (Wildman–Crippen LogP) is 1.79. The van der Waals surface area contributed by atoms with Crippen LogP contribution in [-0.2, 0) is 4.79 Å². The Bertz CT molecular complexity index is 455. The molecule has 0 aliphatic rings. The second-order valence-electron chi connectivity index (χ2n) is 4.77. The maximum absolute atomic E-state index is 11.6. The van der Waals surface area contributed by atoms with Crippen LogP contribution >= 0.6 is 11.8 Å². The molecule has 0 aliphatic carbocycles. The second-order valence-corrected chi connectivity index (χ2v) is 5.77. The van der Waals surface area contributed by atoms with Gasteiger partial charge in [0.05, 0.1) is 16.3 Å². The summed E-state index contributed by atoms with van der Waals surface area (Å²) >= 11 is 1.21. The summed E-state index contributed by atoms with van der Waals surface area (Å²) in [5.74, 6) is -0.888. The van der Waals surface area contributed by atoms with E-state index in [-0.39, 0.29) is 22.8 Å². The van der Waals surface area contributed by atoms with Crippen LogP contribution in [0.1, 0.15) is 31.1 Å². The van der Waals surface area contributed by atoms with Crippen molar-refractivity contribution in [3.05, 3.63) is 23.9 Å². The highest BCUT2D eigenvalue weighted by Gasteiger charge is 2.14. The molecule has 0 fully saturated rings. The lowest BCUT2D eigenvalue weighted by atomic mass is 10.1. The SMILES string of the molecule is CC(C)(C)NC(=O)CSc1cc(C(=O)O)ccn1. The van der Waals surface area contributed by atoms with Crippen LogP contribution in [0.15, 0.2) is 23.4 Å². The first-order valence-electron chi connectivity index (χ1n) is 5.41. The van der Waals surface area contributed by atoms with Gasteiger partial charge in [-0.05, 0) is 32.9 Å². The number of aromatic carboxylic acids is 1. The summed E-state index contributed by atoms with van der Waals surface area (Å²) in [6, 6.07) is 2.87. The van der Waals surface area contributed by atoms with Gasteiger partial charge in [-0.1, -0.05) is 11.8 Å². The fourth-order valence-electron chi connectivity index (χ4n) is 1.22. The Kier molecular flexibility index (Phi) is 4.72. The molecule has 0 bridgehead atoms. The molecule has 0 aliphatic heterocycles. The van der Waals surface area contributed by atoms with E-state index >= 15 is 0 Å². The number of carbonyl (C=O) groups is 2. The van der Waals surface area contributed by atoms with Gasteiger partial charge in [0, 0.05) is 11.7 Å². The molecule has 1 aromatic heterocycles. The average molecular weight is 268 g/mol. The quantitative estimate of drug-likeness (QED) is 0.814. The van der Waals surface area contributed by atoms with Crippen LogP contribution in [0.4, 0.5) is 0 Å². The number of carbonyl (C=O) groups excluding carboxylic acids is 1. The summed E-state index contributed by atoms with van der Waals surface area (Å²) in [6.07, 6.45) is 1.42. The summed E-state index contributed by atoms with van der Waals surface area (Å²) in [5, 5.41) is 12.2. The number of carboxylic acid groups (broad SMARTS) is 1. The molecular weight excluding hydrogens is 252 g/mol. The standard InChI is InChI=1S/C12H16N2O3S/c1-12(2,3)14-9(15)7-18-10-6-8(11(16)17)4-5-13-10/h4-6H,7H2,1-3H3,(H,14,15)(H,16,17). The molecule has 0 radical (unpaired) electrons. The Hall–Kier alpha value is -1.56. The van der Waals surface area contributed by atoms with Crippen molar-refractivity contribution < 1.29 is 14.7 Å². The molecule has 1 rings (SSSR count). The van der Waals surface area contributed by atoms with Crippen molar-refractivity contribution in [2.75, 3.05) is 5.75 Å². The van der Waals surface area contributed by atoms with Gasteiger partial charge in [0.2, 0.25) is 5.91 Å². The molecule has 0 saturated heterocycles. The van der Waals surface area contributed by atoms with E-state index in [9.17, 15) is 9.59 Å². The molecule has 0 unspecified atom stereocenters. The van der Waals surface area contributed by atoms with Crippen molar-refractivity contribution in [3.63, 3.8) is 0 Å². The Balaban J connectivity index is 2.56. The van der Waals surface area contributed by atoms with Crippen LogP contribution in [0.2, 0.25) is 0 Å². The molecule has 1 aromatic rings. The lowest BCUT2D eigenvalue weighted by Gasteiger charge is -2.20. The van der Waals surface area contributed by atoms with Gasteiger partial charge >= 0.3 is 5.97 Å². The van der Waals surface area contributed by atoms with Gasteiger partial charge in [-0.2, -0.15) is 0 Å². The van der Waals surface area contributed by atoms with E-state index in [0.29, 0.717) is 5.03 Å². The van der Waals surface area contributed by atoms with Gasteiger partial charge in [-0.3, -0.25) is 4.79 Å². The van der Waals surface area contributed by atoms with E-state index in [1.807, 2.05) is 20.8 Å². The Morgan fingerprint density at radius 3 is 2.67 bits per heavy atom. The van der Waals surface area contributed by atoms with E-state index in [2.05, 4.69) is 10.3 Å². The topological polar surface area (TPSA) is 79.3 Å². The number of pyridine rings is 1. The highest BCUT2D eigenvalue weighted by molar-refractivity contribution is 7.99. The lowest BCUT2D eigenvalue weighted by Crippen LogP contribution is -2.41. The Morgan fingerprint density at radius 2 is 2.11 bits per heavy atom. The maximum atomic E-state index is 11.6. The minimum absolute atomic E-state index is 0.102. The van der Waals surface area contributed by atoms with Crippen molar-refractivity contribution in [2.24, 2.45) is 0 Å². The fraction of sp³-hybridized carbons (Fsp3) is 0.417. The fourth-order valence-corrected chi connectivity index (χ4v) is 1.91. The number of nitrogens with zero attached hydrogens (tertiary/aromatic N) is 1. The lowest BCUT2D eigenvalue weighted by molar-refractivity contribution is -0.119. The molecule has 2 N–H and O–H groups in total. The van der Waals surface area contributed by atoms with Crippen LogP contribution in [0, 0.1) is 0 Å². The first-order valence-corrected chi connectivity index (χ1v) is 6.39. The van der Waals surface area contributed by atoms with Gasteiger partial charge in [-0.15, -0.1) is 0 Å². The van der Waals surface area contributed by atoms with E-state index in [0.717, 1.165) is 0 Å².